The zero-order valence-electron chi connectivity index (χ0n) is 11.3. The van der Waals surface area contributed by atoms with E-state index in [-0.39, 0.29) is 11.7 Å². The van der Waals surface area contributed by atoms with E-state index in [1.165, 1.54) is 11.8 Å². The second-order valence-corrected chi connectivity index (χ2v) is 6.22. The number of aliphatic carboxylic acids is 1. The summed E-state index contributed by atoms with van der Waals surface area (Å²) >= 11 is 2.77. The van der Waals surface area contributed by atoms with Crippen LogP contribution in [0.2, 0.25) is 0 Å². The van der Waals surface area contributed by atoms with Gasteiger partial charge in [0.15, 0.2) is 5.16 Å². The fourth-order valence-electron chi connectivity index (χ4n) is 1.76. The van der Waals surface area contributed by atoms with Gasteiger partial charge < -0.3 is 9.67 Å². The summed E-state index contributed by atoms with van der Waals surface area (Å²) in [6, 6.07) is 0. The fourth-order valence-corrected chi connectivity index (χ4v) is 3.04. The Kier molecular flexibility index (Phi) is 5.13. The molecule has 0 aliphatic carbocycles. The van der Waals surface area contributed by atoms with Crippen LogP contribution >= 0.6 is 23.1 Å². The van der Waals surface area contributed by atoms with Crippen LogP contribution in [0, 0.1) is 0 Å². The molecule has 0 atom stereocenters. The summed E-state index contributed by atoms with van der Waals surface area (Å²) in [5.41, 5.74) is 2.85. The summed E-state index contributed by atoms with van der Waals surface area (Å²) in [6.07, 6.45) is 0.794. The standard InChI is InChI=1S/C12H16N4O2S2/c1-8(2)11-14-15-12(20-6-10(17)18)16(11)4-3-9-5-19-7-13-9/h5,7-8H,3-4,6H2,1-2H3,(H,17,18). The van der Waals surface area contributed by atoms with Crippen molar-refractivity contribution in [3.8, 4) is 0 Å². The van der Waals surface area contributed by atoms with E-state index < -0.39 is 5.97 Å². The summed E-state index contributed by atoms with van der Waals surface area (Å²) in [5.74, 6) is 0.271. The fraction of sp³-hybridized carbons (Fsp3) is 0.500. The number of thiazole rings is 1. The van der Waals surface area contributed by atoms with E-state index in [4.69, 9.17) is 5.11 Å². The van der Waals surface area contributed by atoms with Crippen molar-refractivity contribution in [3.63, 3.8) is 0 Å². The molecule has 0 spiro atoms. The first-order chi connectivity index (χ1) is 9.58. The van der Waals surface area contributed by atoms with Gasteiger partial charge in [-0.15, -0.1) is 21.5 Å². The number of nitrogens with zero attached hydrogens (tertiary/aromatic N) is 4. The number of carboxylic acids is 1. The second kappa shape index (κ2) is 6.85. The molecule has 108 valence electrons. The lowest BCUT2D eigenvalue weighted by Gasteiger charge is -2.10. The van der Waals surface area contributed by atoms with E-state index >= 15 is 0 Å². The number of carboxylic acid groups (broad SMARTS) is 1. The van der Waals surface area contributed by atoms with Gasteiger partial charge in [-0.2, -0.15) is 0 Å². The van der Waals surface area contributed by atoms with Gasteiger partial charge in [-0.05, 0) is 0 Å². The van der Waals surface area contributed by atoms with Crippen molar-refractivity contribution >= 4 is 29.1 Å². The van der Waals surface area contributed by atoms with Gasteiger partial charge in [0.1, 0.15) is 5.82 Å². The molecule has 1 N–H and O–H groups in total. The summed E-state index contributed by atoms with van der Waals surface area (Å²) in [6.45, 7) is 4.82. The van der Waals surface area contributed by atoms with Crippen LogP contribution < -0.4 is 0 Å². The molecule has 0 radical (unpaired) electrons. The highest BCUT2D eigenvalue weighted by Crippen LogP contribution is 2.21. The van der Waals surface area contributed by atoms with E-state index in [0.717, 1.165) is 17.9 Å². The van der Waals surface area contributed by atoms with Crippen LogP contribution in [0.3, 0.4) is 0 Å². The van der Waals surface area contributed by atoms with E-state index in [1.807, 2.05) is 15.5 Å². The summed E-state index contributed by atoms with van der Waals surface area (Å²) in [4.78, 5) is 14.9. The highest BCUT2D eigenvalue weighted by molar-refractivity contribution is 7.99. The third-order valence-electron chi connectivity index (χ3n) is 2.66. The molecule has 0 amide bonds. The maximum Gasteiger partial charge on any atom is 0.313 e. The average molecular weight is 312 g/mol. The molecule has 6 nitrogen and oxygen atoms in total. The van der Waals surface area contributed by atoms with Crippen LogP contribution in [-0.4, -0.2) is 36.6 Å². The van der Waals surface area contributed by atoms with E-state index in [9.17, 15) is 4.79 Å². The maximum atomic E-state index is 10.7. The highest BCUT2D eigenvalue weighted by atomic mass is 32.2. The van der Waals surface area contributed by atoms with Gasteiger partial charge in [0, 0.05) is 24.3 Å². The molecular formula is C12H16N4O2S2. The lowest BCUT2D eigenvalue weighted by molar-refractivity contribution is -0.133. The van der Waals surface area contributed by atoms with Crippen molar-refractivity contribution in [2.24, 2.45) is 0 Å². The van der Waals surface area contributed by atoms with Crippen molar-refractivity contribution in [2.75, 3.05) is 5.75 Å². The molecule has 8 heteroatoms. The first-order valence-electron chi connectivity index (χ1n) is 6.22. The van der Waals surface area contributed by atoms with Gasteiger partial charge in [-0.3, -0.25) is 4.79 Å². The molecule has 0 aliphatic heterocycles. The smallest absolute Gasteiger partial charge is 0.313 e. The molecular weight excluding hydrogens is 296 g/mol. The predicted octanol–water partition coefficient (Wildman–Crippen LogP) is 2.28. The monoisotopic (exact) mass is 312 g/mol. The third-order valence-corrected chi connectivity index (χ3v) is 4.25. The minimum Gasteiger partial charge on any atom is -0.481 e. The Balaban J connectivity index is 2.13. The normalized spacial score (nSPS) is 11.2. The summed E-state index contributed by atoms with van der Waals surface area (Å²) in [7, 11) is 0. The van der Waals surface area contributed by atoms with E-state index in [0.29, 0.717) is 11.7 Å². The van der Waals surface area contributed by atoms with Gasteiger partial charge in [0.2, 0.25) is 0 Å². The Bertz CT molecular complexity index is 566. The van der Waals surface area contributed by atoms with Gasteiger partial charge in [0.05, 0.1) is 17.0 Å². The van der Waals surface area contributed by atoms with E-state index in [2.05, 4.69) is 29.0 Å². The van der Waals surface area contributed by atoms with Gasteiger partial charge in [0.25, 0.3) is 0 Å². The first kappa shape index (κ1) is 15.0. The SMILES string of the molecule is CC(C)c1nnc(SCC(=O)O)n1CCc1cscn1. The van der Waals surface area contributed by atoms with Crippen molar-refractivity contribution in [2.45, 2.75) is 37.9 Å². The quantitative estimate of drug-likeness (QED) is 0.790. The van der Waals surface area contributed by atoms with Gasteiger partial charge in [-0.1, -0.05) is 25.6 Å². The topological polar surface area (TPSA) is 80.9 Å². The number of aromatic nitrogens is 4. The van der Waals surface area contributed by atoms with Crippen LogP contribution in [0.25, 0.3) is 0 Å². The molecule has 0 fully saturated rings. The molecule has 2 rings (SSSR count). The minimum absolute atomic E-state index is 0.00701. The average Bonchev–Trinajstić information content (AvgIpc) is 3.03. The number of hydrogen-bond donors (Lipinski definition) is 1. The Morgan fingerprint density at radius 1 is 1.50 bits per heavy atom. The lowest BCUT2D eigenvalue weighted by Crippen LogP contribution is -2.10. The van der Waals surface area contributed by atoms with Crippen LogP contribution in [-0.2, 0) is 17.8 Å². The largest absolute Gasteiger partial charge is 0.481 e. The molecule has 0 aromatic carbocycles. The van der Waals surface area contributed by atoms with Gasteiger partial charge in [-0.25, -0.2) is 4.98 Å². The molecule has 0 saturated carbocycles. The Morgan fingerprint density at radius 3 is 2.90 bits per heavy atom. The predicted molar refractivity (Wildman–Crippen MR) is 78.3 cm³/mol. The molecule has 0 unspecified atom stereocenters. The van der Waals surface area contributed by atoms with Crippen molar-refractivity contribution < 1.29 is 9.90 Å². The third kappa shape index (κ3) is 3.80. The molecule has 0 bridgehead atoms. The minimum atomic E-state index is -0.852. The number of rotatable bonds is 7. The molecule has 2 aromatic rings. The Labute approximate surface area is 125 Å². The lowest BCUT2D eigenvalue weighted by atomic mass is 10.2. The van der Waals surface area contributed by atoms with Gasteiger partial charge >= 0.3 is 5.97 Å². The van der Waals surface area contributed by atoms with Crippen LogP contribution in [0.1, 0.15) is 31.3 Å². The zero-order chi connectivity index (χ0) is 14.5. The number of thioether (sulfide) groups is 1. The highest BCUT2D eigenvalue weighted by Gasteiger charge is 2.16. The molecule has 0 saturated heterocycles. The Hall–Kier alpha value is -1.41. The molecule has 2 heterocycles. The molecule has 2 aromatic heterocycles. The molecule has 20 heavy (non-hydrogen) atoms. The number of hydrogen-bond acceptors (Lipinski definition) is 6. The first-order valence-corrected chi connectivity index (χ1v) is 8.15. The maximum absolute atomic E-state index is 10.7. The summed E-state index contributed by atoms with van der Waals surface area (Å²) in [5, 5.41) is 19.7. The van der Waals surface area contributed by atoms with Crippen LogP contribution in [0.5, 0.6) is 0 Å². The van der Waals surface area contributed by atoms with Crippen LogP contribution in [0.4, 0.5) is 0 Å². The van der Waals surface area contributed by atoms with Crippen molar-refractivity contribution in [1.29, 1.82) is 0 Å². The Morgan fingerprint density at radius 2 is 2.30 bits per heavy atom. The van der Waals surface area contributed by atoms with E-state index in [1.54, 1.807) is 11.3 Å². The zero-order valence-corrected chi connectivity index (χ0v) is 12.9. The molecule has 0 aliphatic rings. The number of aryl methyl sites for hydroxylation is 1. The summed E-state index contributed by atoms with van der Waals surface area (Å²) < 4.78 is 2.00. The number of carbonyl (C=O) groups is 1. The van der Waals surface area contributed by atoms with Crippen molar-refractivity contribution in [3.05, 3.63) is 22.4 Å². The van der Waals surface area contributed by atoms with Crippen molar-refractivity contribution in [1.82, 2.24) is 19.7 Å². The second-order valence-electron chi connectivity index (χ2n) is 4.56. The van der Waals surface area contributed by atoms with Crippen LogP contribution in [0.15, 0.2) is 16.0 Å².